The van der Waals surface area contributed by atoms with Crippen LogP contribution in [0.5, 0.6) is 0 Å². The third-order valence-electron chi connectivity index (χ3n) is 6.48. The van der Waals surface area contributed by atoms with Gasteiger partial charge in [-0.1, -0.05) is 54.6 Å². The van der Waals surface area contributed by atoms with Gasteiger partial charge in [0, 0.05) is 29.0 Å². The van der Waals surface area contributed by atoms with Gasteiger partial charge < -0.3 is 10.3 Å². The summed E-state index contributed by atoms with van der Waals surface area (Å²) in [5, 5.41) is 13.5. The molecule has 0 bridgehead atoms. The van der Waals surface area contributed by atoms with Crippen molar-refractivity contribution in [1.82, 2.24) is 24.8 Å². The van der Waals surface area contributed by atoms with Crippen LogP contribution in [0.4, 0.5) is 5.82 Å². The number of rotatable bonds is 7. The SMILES string of the molecule is CCc1ccc(S(=O)(=O)c2nnn3c2nc(NCCc2c[nH]c4ccccc24)c2ccccc23)cc1. The summed E-state index contributed by atoms with van der Waals surface area (Å²) in [7, 11) is -3.90. The highest BCUT2D eigenvalue weighted by Gasteiger charge is 2.27. The van der Waals surface area contributed by atoms with Gasteiger partial charge in [0.25, 0.3) is 0 Å². The minimum absolute atomic E-state index is 0.155. The smallest absolute Gasteiger partial charge is 0.229 e. The molecule has 0 aliphatic carbocycles. The Morgan fingerprint density at radius 2 is 1.69 bits per heavy atom. The molecule has 0 saturated heterocycles. The molecule has 0 fully saturated rings. The molecule has 8 nitrogen and oxygen atoms in total. The summed E-state index contributed by atoms with van der Waals surface area (Å²) >= 11 is 0. The maximum Gasteiger partial charge on any atom is 0.229 e. The van der Waals surface area contributed by atoms with Crippen LogP contribution in [0.3, 0.4) is 0 Å². The van der Waals surface area contributed by atoms with Crippen LogP contribution in [-0.4, -0.2) is 39.8 Å². The molecule has 36 heavy (non-hydrogen) atoms. The van der Waals surface area contributed by atoms with E-state index >= 15 is 0 Å². The van der Waals surface area contributed by atoms with Crippen molar-refractivity contribution in [3.05, 3.63) is 90.1 Å². The van der Waals surface area contributed by atoms with Crippen molar-refractivity contribution in [2.75, 3.05) is 11.9 Å². The van der Waals surface area contributed by atoms with Crippen LogP contribution in [-0.2, 0) is 22.7 Å². The molecular formula is C27H24N6O2S. The molecule has 180 valence electrons. The van der Waals surface area contributed by atoms with Gasteiger partial charge in [0.15, 0.2) is 5.65 Å². The van der Waals surface area contributed by atoms with Gasteiger partial charge in [-0.2, -0.15) is 4.52 Å². The number of anilines is 1. The Kier molecular flexibility index (Phi) is 5.41. The van der Waals surface area contributed by atoms with Crippen molar-refractivity contribution in [3.63, 3.8) is 0 Å². The number of aromatic nitrogens is 5. The number of aromatic amines is 1. The summed E-state index contributed by atoms with van der Waals surface area (Å²) in [5.74, 6) is 0.595. The Balaban J connectivity index is 1.39. The van der Waals surface area contributed by atoms with Gasteiger partial charge in [0.1, 0.15) is 5.82 Å². The zero-order valence-electron chi connectivity index (χ0n) is 19.6. The molecule has 2 N–H and O–H groups in total. The van der Waals surface area contributed by atoms with Crippen LogP contribution in [0.2, 0.25) is 0 Å². The lowest BCUT2D eigenvalue weighted by atomic mass is 10.1. The summed E-state index contributed by atoms with van der Waals surface area (Å²) in [4.78, 5) is 8.19. The predicted molar refractivity (Wildman–Crippen MR) is 140 cm³/mol. The first-order chi connectivity index (χ1) is 17.6. The van der Waals surface area contributed by atoms with Crippen LogP contribution in [0.1, 0.15) is 18.1 Å². The molecule has 0 aliphatic rings. The van der Waals surface area contributed by atoms with Gasteiger partial charge in [-0.15, -0.1) is 5.10 Å². The van der Waals surface area contributed by atoms with Crippen molar-refractivity contribution in [1.29, 1.82) is 0 Å². The Morgan fingerprint density at radius 3 is 2.50 bits per heavy atom. The lowest BCUT2D eigenvalue weighted by Gasteiger charge is -2.10. The van der Waals surface area contributed by atoms with Gasteiger partial charge >= 0.3 is 0 Å². The Labute approximate surface area is 207 Å². The van der Waals surface area contributed by atoms with Crippen LogP contribution < -0.4 is 5.32 Å². The van der Waals surface area contributed by atoms with E-state index in [4.69, 9.17) is 4.98 Å². The second-order valence-electron chi connectivity index (χ2n) is 8.64. The molecule has 3 heterocycles. The van der Waals surface area contributed by atoms with Crippen molar-refractivity contribution in [2.45, 2.75) is 29.7 Å². The number of hydrogen-bond donors (Lipinski definition) is 2. The summed E-state index contributed by atoms with van der Waals surface area (Å²) in [6, 6.07) is 22.7. The largest absolute Gasteiger partial charge is 0.369 e. The van der Waals surface area contributed by atoms with E-state index in [0.717, 1.165) is 34.8 Å². The fourth-order valence-corrected chi connectivity index (χ4v) is 5.76. The molecule has 3 aromatic heterocycles. The minimum atomic E-state index is -3.90. The summed E-state index contributed by atoms with van der Waals surface area (Å²) in [5.41, 5.74) is 4.29. The lowest BCUT2D eigenvalue weighted by molar-refractivity contribution is 0.592. The van der Waals surface area contributed by atoms with Crippen LogP contribution in [0, 0.1) is 0 Å². The van der Waals surface area contributed by atoms with Gasteiger partial charge in [-0.25, -0.2) is 13.4 Å². The highest BCUT2D eigenvalue weighted by Crippen LogP contribution is 2.28. The summed E-state index contributed by atoms with van der Waals surface area (Å²) in [6.07, 6.45) is 3.63. The van der Waals surface area contributed by atoms with Crippen molar-refractivity contribution >= 4 is 43.1 Å². The zero-order chi connectivity index (χ0) is 24.7. The van der Waals surface area contributed by atoms with E-state index in [2.05, 4.69) is 32.7 Å². The summed E-state index contributed by atoms with van der Waals surface area (Å²) < 4.78 is 28.4. The number of nitrogens with one attached hydrogen (secondary N) is 2. The Bertz CT molecular complexity index is 1820. The fourth-order valence-electron chi connectivity index (χ4n) is 4.52. The number of fused-ring (bicyclic) bond motifs is 4. The molecule has 0 atom stereocenters. The first kappa shape index (κ1) is 22.2. The highest BCUT2D eigenvalue weighted by molar-refractivity contribution is 7.91. The van der Waals surface area contributed by atoms with E-state index in [0.29, 0.717) is 12.4 Å². The zero-order valence-corrected chi connectivity index (χ0v) is 20.5. The van der Waals surface area contributed by atoms with Crippen molar-refractivity contribution in [2.24, 2.45) is 0 Å². The molecule has 6 aromatic rings. The molecule has 0 saturated carbocycles. The number of aryl methyl sites for hydroxylation is 1. The van der Waals surface area contributed by atoms with Gasteiger partial charge in [0.2, 0.25) is 14.9 Å². The third-order valence-corrected chi connectivity index (χ3v) is 8.15. The number of hydrogen-bond acceptors (Lipinski definition) is 6. The van der Waals surface area contributed by atoms with E-state index in [9.17, 15) is 8.42 Å². The predicted octanol–water partition coefficient (Wildman–Crippen LogP) is 4.81. The molecule has 0 spiro atoms. The van der Waals surface area contributed by atoms with Crippen molar-refractivity contribution in [3.8, 4) is 0 Å². The molecule has 0 radical (unpaired) electrons. The molecule has 0 unspecified atom stereocenters. The molecule has 0 amide bonds. The van der Waals surface area contributed by atoms with E-state index in [1.54, 1.807) is 12.1 Å². The molecular weight excluding hydrogens is 472 g/mol. The first-order valence-electron chi connectivity index (χ1n) is 11.8. The topological polar surface area (TPSA) is 105 Å². The number of para-hydroxylation sites is 2. The number of benzene rings is 3. The number of sulfone groups is 1. The van der Waals surface area contributed by atoms with E-state index in [1.165, 1.54) is 15.5 Å². The second-order valence-corrected chi connectivity index (χ2v) is 10.5. The van der Waals surface area contributed by atoms with Crippen LogP contribution >= 0.6 is 0 Å². The summed E-state index contributed by atoms with van der Waals surface area (Å²) in [6.45, 7) is 2.65. The first-order valence-corrected chi connectivity index (χ1v) is 13.3. The monoisotopic (exact) mass is 496 g/mol. The minimum Gasteiger partial charge on any atom is -0.369 e. The van der Waals surface area contributed by atoms with Gasteiger partial charge in [-0.05, 0) is 54.3 Å². The molecule has 9 heteroatoms. The quantitative estimate of drug-likeness (QED) is 0.329. The standard InChI is InChI=1S/C27H24N6O2S/c1-2-18-11-13-20(14-12-18)36(34,35)27-26-30-25(22-8-4-6-10-24(22)33(26)32-31-27)28-16-15-19-17-29-23-9-5-3-7-21(19)23/h3-14,17,29H,2,15-16H2,1H3,(H,28,30). The maximum absolute atomic E-state index is 13.5. The van der Waals surface area contributed by atoms with E-state index < -0.39 is 9.84 Å². The van der Waals surface area contributed by atoms with Crippen LogP contribution in [0.15, 0.2) is 88.9 Å². The van der Waals surface area contributed by atoms with E-state index in [1.807, 2.05) is 61.7 Å². The third kappa shape index (κ3) is 3.68. The Morgan fingerprint density at radius 1 is 0.944 bits per heavy atom. The van der Waals surface area contributed by atoms with Gasteiger partial charge in [0.05, 0.1) is 10.4 Å². The number of nitrogens with zero attached hydrogens (tertiary/aromatic N) is 4. The highest BCUT2D eigenvalue weighted by atomic mass is 32.2. The van der Waals surface area contributed by atoms with E-state index in [-0.39, 0.29) is 15.6 Å². The molecule has 0 aliphatic heterocycles. The Hall–Kier alpha value is -4.24. The molecule has 6 rings (SSSR count). The number of H-pyrrole nitrogens is 1. The maximum atomic E-state index is 13.5. The van der Waals surface area contributed by atoms with Crippen LogP contribution in [0.25, 0.3) is 27.5 Å². The normalized spacial score (nSPS) is 12.0. The fraction of sp³-hybridized carbons (Fsp3) is 0.148. The lowest BCUT2D eigenvalue weighted by Crippen LogP contribution is -2.09. The van der Waals surface area contributed by atoms with Crippen molar-refractivity contribution < 1.29 is 8.42 Å². The molecule has 3 aromatic carbocycles. The average Bonchev–Trinajstić information content (AvgIpc) is 3.54. The average molecular weight is 497 g/mol. The second kappa shape index (κ2) is 8.76. The van der Waals surface area contributed by atoms with Gasteiger partial charge in [-0.3, -0.25) is 0 Å².